The van der Waals surface area contributed by atoms with Crippen molar-refractivity contribution in [1.82, 2.24) is 10.4 Å². The highest BCUT2D eigenvalue weighted by molar-refractivity contribution is 7.89. The number of aromatic nitrogens is 1. The summed E-state index contributed by atoms with van der Waals surface area (Å²) < 4.78 is 39.7. The van der Waals surface area contributed by atoms with Crippen LogP contribution in [0.4, 0.5) is 0 Å². The second-order valence-corrected chi connectivity index (χ2v) is 9.22. The van der Waals surface area contributed by atoms with Crippen molar-refractivity contribution < 1.29 is 32.2 Å². The molecule has 164 valence electrons. The van der Waals surface area contributed by atoms with Crippen molar-refractivity contribution in [1.29, 1.82) is 0 Å². The van der Waals surface area contributed by atoms with Gasteiger partial charge in [-0.2, -0.15) is 5.10 Å². The number of phenolic OH excluding ortho intramolecular Hbond substituents is 1. The number of furan rings is 1. The Morgan fingerprint density at radius 1 is 1.29 bits per heavy atom. The van der Waals surface area contributed by atoms with Crippen molar-refractivity contribution in [3.63, 3.8) is 0 Å². The number of phenols is 1. The molecule has 1 amide bonds. The Balaban J connectivity index is 1.62. The van der Waals surface area contributed by atoms with Gasteiger partial charge in [0.25, 0.3) is 5.91 Å². The van der Waals surface area contributed by atoms with Crippen LogP contribution >= 0.6 is 11.3 Å². The van der Waals surface area contributed by atoms with E-state index >= 15 is 0 Å². The highest BCUT2D eigenvalue weighted by Gasteiger charge is 2.19. The molecule has 2 N–H and O–H groups in total. The Labute approximate surface area is 182 Å². The standard InChI is InChI=1S/C19H19N3O7S2/c1-27-15-6-12(7-16(28-2)18(15)23)8-20-22-19(24)14-9-30-17(21-14)11-31(25,26)10-13-4-3-5-29-13/h3-9,23H,10-11H2,1-2H3,(H,22,24)/b20-8+. The summed E-state index contributed by atoms with van der Waals surface area (Å²) in [6.07, 6.45) is 2.74. The van der Waals surface area contributed by atoms with Gasteiger partial charge in [0.15, 0.2) is 21.3 Å². The van der Waals surface area contributed by atoms with E-state index < -0.39 is 15.7 Å². The molecule has 0 aliphatic carbocycles. The normalized spacial score (nSPS) is 11.5. The SMILES string of the molecule is COc1cc(/C=N/NC(=O)c2csc(CS(=O)(=O)Cc3ccco3)n2)cc(OC)c1O. The Hall–Kier alpha value is -3.38. The summed E-state index contributed by atoms with van der Waals surface area (Å²) in [4.78, 5) is 16.3. The highest BCUT2D eigenvalue weighted by atomic mass is 32.2. The maximum Gasteiger partial charge on any atom is 0.290 e. The zero-order chi connectivity index (χ0) is 22.4. The number of hydrogen-bond acceptors (Lipinski definition) is 10. The molecule has 0 radical (unpaired) electrons. The second-order valence-electron chi connectivity index (χ2n) is 6.21. The van der Waals surface area contributed by atoms with Gasteiger partial charge in [0.2, 0.25) is 5.75 Å². The van der Waals surface area contributed by atoms with Crippen molar-refractivity contribution in [2.45, 2.75) is 11.5 Å². The van der Waals surface area contributed by atoms with Gasteiger partial charge < -0.3 is 19.0 Å². The lowest BCUT2D eigenvalue weighted by atomic mass is 10.2. The summed E-state index contributed by atoms with van der Waals surface area (Å²) in [7, 11) is -0.702. The van der Waals surface area contributed by atoms with Gasteiger partial charge in [0, 0.05) is 10.9 Å². The van der Waals surface area contributed by atoms with E-state index in [1.807, 2.05) is 0 Å². The van der Waals surface area contributed by atoms with E-state index in [9.17, 15) is 18.3 Å². The minimum atomic E-state index is -3.49. The number of methoxy groups -OCH3 is 2. The van der Waals surface area contributed by atoms with E-state index in [0.29, 0.717) is 11.3 Å². The first-order valence-corrected chi connectivity index (χ1v) is 11.5. The first-order valence-electron chi connectivity index (χ1n) is 8.77. The number of carbonyl (C=O) groups is 1. The van der Waals surface area contributed by atoms with E-state index in [0.717, 1.165) is 11.3 Å². The van der Waals surface area contributed by atoms with E-state index in [4.69, 9.17) is 13.9 Å². The van der Waals surface area contributed by atoms with E-state index in [1.54, 1.807) is 12.1 Å². The second kappa shape index (κ2) is 9.62. The predicted molar refractivity (Wildman–Crippen MR) is 113 cm³/mol. The molecule has 0 aliphatic rings. The van der Waals surface area contributed by atoms with Gasteiger partial charge in [-0.25, -0.2) is 18.8 Å². The summed E-state index contributed by atoms with van der Waals surface area (Å²) in [5.41, 5.74) is 2.87. The van der Waals surface area contributed by atoms with Gasteiger partial charge >= 0.3 is 0 Å². The predicted octanol–water partition coefficient (Wildman–Crippen LogP) is 2.34. The summed E-state index contributed by atoms with van der Waals surface area (Å²) in [6, 6.07) is 6.22. The molecule has 2 heterocycles. The van der Waals surface area contributed by atoms with Crippen LogP contribution < -0.4 is 14.9 Å². The van der Waals surface area contributed by atoms with Gasteiger partial charge in [-0.3, -0.25) is 4.79 Å². The van der Waals surface area contributed by atoms with Crippen LogP contribution in [0.1, 0.15) is 26.8 Å². The minimum Gasteiger partial charge on any atom is -0.502 e. The monoisotopic (exact) mass is 465 g/mol. The van der Waals surface area contributed by atoms with Crippen LogP contribution in [0.25, 0.3) is 0 Å². The molecular weight excluding hydrogens is 446 g/mol. The molecule has 10 nitrogen and oxygen atoms in total. The summed E-state index contributed by atoms with van der Waals surface area (Å²) in [5.74, 6) is -0.582. The highest BCUT2D eigenvalue weighted by Crippen LogP contribution is 2.36. The number of amides is 1. The fraction of sp³-hybridized carbons (Fsp3) is 0.211. The molecule has 0 saturated heterocycles. The fourth-order valence-corrected chi connectivity index (χ4v) is 5.05. The van der Waals surface area contributed by atoms with Crippen LogP contribution in [-0.2, 0) is 21.3 Å². The Morgan fingerprint density at radius 3 is 2.61 bits per heavy atom. The number of nitrogens with zero attached hydrogens (tertiary/aromatic N) is 2. The molecule has 0 spiro atoms. The number of nitrogens with one attached hydrogen (secondary N) is 1. The van der Waals surface area contributed by atoms with Crippen LogP contribution in [0.5, 0.6) is 17.2 Å². The van der Waals surface area contributed by atoms with Crippen molar-refractivity contribution in [3.8, 4) is 17.2 Å². The maximum atomic E-state index is 12.2. The first-order chi connectivity index (χ1) is 14.8. The zero-order valence-electron chi connectivity index (χ0n) is 16.6. The number of aromatic hydroxyl groups is 1. The molecule has 0 bridgehead atoms. The van der Waals surface area contributed by atoms with Crippen molar-refractivity contribution >= 4 is 33.3 Å². The third-order valence-electron chi connectivity index (χ3n) is 3.95. The maximum absolute atomic E-state index is 12.2. The summed E-state index contributed by atoms with van der Waals surface area (Å²) >= 11 is 1.06. The molecule has 0 aliphatic heterocycles. The Kier molecular flexibility index (Phi) is 6.92. The number of rotatable bonds is 9. The topological polar surface area (TPSA) is 140 Å². The van der Waals surface area contributed by atoms with Crippen LogP contribution in [0.3, 0.4) is 0 Å². The summed E-state index contributed by atoms with van der Waals surface area (Å²) in [6.45, 7) is 0. The van der Waals surface area contributed by atoms with Gasteiger partial charge in [-0.1, -0.05) is 0 Å². The lowest BCUT2D eigenvalue weighted by Crippen LogP contribution is -2.18. The average Bonchev–Trinajstić information content (AvgIpc) is 3.40. The largest absolute Gasteiger partial charge is 0.502 e. The molecular formula is C19H19N3O7S2. The molecule has 2 aromatic heterocycles. The molecule has 0 atom stereocenters. The van der Waals surface area contributed by atoms with Crippen LogP contribution in [0.15, 0.2) is 45.4 Å². The average molecular weight is 466 g/mol. The quantitative estimate of drug-likeness (QED) is 0.362. The number of benzene rings is 1. The van der Waals surface area contributed by atoms with Gasteiger partial charge in [0.05, 0.1) is 26.7 Å². The number of hydrazone groups is 1. The van der Waals surface area contributed by atoms with Crippen molar-refractivity contribution in [2.75, 3.05) is 14.2 Å². The Bertz CT molecular complexity index is 1160. The van der Waals surface area contributed by atoms with Gasteiger partial charge in [-0.15, -0.1) is 11.3 Å². The fourth-order valence-electron chi connectivity index (χ4n) is 2.54. The van der Waals surface area contributed by atoms with Crippen LogP contribution in [-0.4, -0.2) is 44.8 Å². The number of hydrogen-bond donors (Lipinski definition) is 2. The third-order valence-corrected chi connectivity index (χ3v) is 6.42. The number of carbonyl (C=O) groups excluding carboxylic acids is 1. The molecule has 3 aromatic rings. The van der Waals surface area contributed by atoms with Gasteiger partial charge in [0.1, 0.15) is 28.0 Å². The lowest BCUT2D eigenvalue weighted by molar-refractivity contribution is 0.0950. The number of ether oxygens (including phenoxy) is 2. The van der Waals surface area contributed by atoms with E-state index in [1.165, 1.54) is 44.2 Å². The van der Waals surface area contributed by atoms with Crippen molar-refractivity contribution in [3.05, 3.63) is 57.9 Å². The van der Waals surface area contributed by atoms with E-state index in [2.05, 4.69) is 15.5 Å². The molecule has 1 aromatic carbocycles. The lowest BCUT2D eigenvalue weighted by Gasteiger charge is -2.09. The molecule has 31 heavy (non-hydrogen) atoms. The first kappa shape index (κ1) is 22.3. The molecule has 0 fully saturated rings. The molecule has 12 heteroatoms. The molecule has 0 unspecified atom stereocenters. The minimum absolute atomic E-state index is 0.0474. The smallest absolute Gasteiger partial charge is 0.290 e. The van der Waals surface area contributed by atoms with Crippen LogP contribution in [0.2, 0.25) is 0 Å². The van der Waals surface area contributed by atoms with Gasteiger partial charge in [-0.05, 0) is 24.3 Å². The molecule has 0 saturated carbocycles. The van der Waals surface area contributed by atoms with Crippen LogP contribution in [0, 0.1) is 0 Å². The van der Waals surface area contributed by atoms with Crippen molar-refractivity contribution in [2.24, 2.45) is 5.10 Å². The summed E-state index contributed by atoms with van der Waals surface area (Å²) in [5, 5.41) is 15.5. The van der Waals surface area contributed by atoms with E-state index in [-0.39, 0.29) is 39.5 Å². The Morgan fingerprint density at radius 2 is 2.00 bits per heavy atom. The zero-order valence-corrected chi connectivity index (χ0v) is 18.2. The number of thiazole rings is 1. The molecule has 3 rings (SSSR count). The third kappa shape index (κ3) is 5.83. The number of sulfone groups is 1.